The summed E-state index contributed by atoms with van der Waals surface area (Å²) < 4.78 is 5.63. The Kier molecular flexibility index (Phi) is 3.56. The highest BCUT2D eigenvalue weighted by Crippen LogP contribution is 2.21. The van der Waals surface area contributed by atoms with E-state index in [2.05, 4.69) is 14.7 Å². The molecule has 0 unspecified atom stereocenters. The van der Waals surface area contributed by atoms with E-state index >= 15 is 0 Å². The van der Waals surface area contributed by atoms with Gasteiger partial charge in [0.1, 0.15) is 4.88 Å². The highest BCUT2D eigenvalue weighted by Gasteiger charge is 2.19. The average Bonchev–Trinajstić information content (AvgIpc) is 2.86. The van der Waals surface area contributed by atoms with Gasteiger partial charge >= 0.3 is 0 Å². The van der Waals surface area contributed by atoms with Crippen LogP contribution >= 0.6 is 11.5 Å². The Morgan fingerprint density at radius 2 is 2.22 bits per heavy atom. The molecule has 2 aromatic rings. The molecule has 5 nitrogen and oxygen atoms in total. The molecule has 96 valence electrons. The third kappa shape index (κ3) is 2.48. The first-order chi connectivity index (χ1) is 8.49. The molecular formula is C12H16N4OS. The monoisotopic (exact) mass is 264 g/mol. The van der Waals surface area contributed by atoms with Crippen molar-refractivity contribution in [2.24, 2.45) is 7.05 Å². The highest BCUT2D eigenvalue weighted by atomic mass is 32.1. The largest absolute Gasteiger partial charge is 0.293 e. The first-order valence-electron chi connectivity index (χ1n) is 5.84. The lowest BCUT2D eigenvalue weighted by Crippen LogP contribution is -2.09. The average molecular weight is 264 g/mol. The van der Waals surface area contributed by atoms with Crippen LogP contribution in [-0.2, 0) is 13.5 Å². The molecule has 18 heavy (non-hydrogen) atoms. The minimum absolute atomic E-state index is 0.0664. The van der Waals surface area contributed by atoms with Gasteiger partial charge in [-0.15, -0.1) is 5.10 Å². The molecule has 0 fully saturated rings. The number of carbonyl (C=O) groups excluding carboxylic acids is 1. The lowest BCUT2D eigenvalue weighted by molar-refractivity contribution is 0.0993. The van der Waals surface area contributed by atoms with E-state index in [4.69, 9.17) is 0 Å². The number of hydrogen-bond donors (Lipinski definition) is 0. The number of nitrogens with zero attached hydrogens (tertiary/aromatic N) is 4. The van der Waals surface area contributed by atoms with Crippen molar-refractivity contribution in [1.82, 2.24) is 19.4 Å². The second kappa shape index (κ2) is 4.97. The Labute approximate surface area is 110 Å². The smallest absolute Gasteiger partial charge is 0.182 e. The van der Waals surface area contributed by atoms with Crippen LogP contribution in [0.5, 0.6) is 0 Å². The summed E-state index contributed by atoms with van der Waals surface area (Å²) in [5, 5.41) is 8.27. The van der Waals surface area contributed by atoms with Gasteiger partial charge in [0.25, 0.3) is 0 Å². The van der Waals surface area contributed by atoms with Crippen molar-refractivity contribution in [2.45, 2.75) is 33.1 Å². The Balaban J connectivity index is 2.22. The zero-order valence-corrected chi connectivity index (χ0v) is 11.8. The third-order valence-electron chi connectivity index (χ3n) is 2.75. The molecule has 2 aromatic heterocycles. The van der Waals surface area contributed by atoms with Crippen LogP contribution in [0, 0.1) is 6.92 Å². The number of aryl methyl sites for hydroxylation is 2. The fraction of sp³-hybridized carbons (Fsp3) is 0.500. The lowest BCUT2D eigenvalue weighted by atomic mass is 10.1. The molecule has 6 heteroatoms. The quantitative estimate of drug-likeness (QED) is 0.794. The van der Waals surface area contributed by atoms with Crippen LogP contribution < -0.4 is 0 Å². The van der Waals surface area contributed by atoms with E-state index in [9.17, 15) is 4.79 Å². The molecule has 2 rings (SSSR count). The minimum Gasteiger partial charge on any atom is -0.293 e. The summed E-state index contributed by atoms with van der Waals surface area (Å²) in [7, 11) is 1.85. The summed E-state index contributed by atoms with van der Waals surface area (Å²) in [5.74, 6) is 0.285. The van der Waals surface area contributed by atoms with Crippen molar-refractivity contribution in [3.63, 3.8) is 0 Å². The molecule has 0 aliphatic carbocycles. The van der Waals surface area contributed by atoms with Gasteiger partial charge in [-0.1, -0.05) is 18.3 Å². The van der Waals surface area contributed by atoms with Crippen molar-refractivity contribution in [2.75, 3.05) is 0 Å². The fourth-order valence-electron chi connectivity index (χ4n) is 1.84. The predicted molar refractivity (Wildman–Crippen MR) is 70.0 cm³/mol. The molecule has 0 saturated heterocycles. The minimum atomic E-state index is 0.0664. The molecule has 0 saturated carbocycles. The summed E-state index contributed by atoms with van der Waals surface area (Å²) in [4.78, 5) is 12.9. The van der Waals surface area contributed by atoms with Crippen LogP contribution in [0.4, 0.5) is 0 Å². The van der Waals surface area contributed by atoms with Crippen LogP contribution in [0.1, 0.15) is 46.5 Å². The zero-order valence-electron chi connectivity index (χ0n) is 11.0. The Hall–Kier alpha value is -1.56. The van der Waals surface area contributed by atoms with E-state index in [1.54, 1.807) is 4.68 Å². The van der Waals surface area contributed by atoms with Gasteiger partial charge in [-0.2, -0.15) is 5.10 Å². The third-order valence-corrected chi connectivity index (χ3v) is 3.54. The highest BCUT2D eigenvalue weighted by molar-refractivity contribution is 7.08. The molecule has 0 radical (unpaired) electrons. The number of hydrogen-bond acceptors (Lipinski definition) is 5. The number of aromatic nitrogens is 4. The fourth-order valence-corrected chi connectivity index (χ4v) is 2.60. The van der Waals surface area contributed by atoms with Crippen LogP contribution in [-0.4, -0.2) is 25.2 Å². The number of ketones is 1. The second-order valence-electron chi connectivity index (χ2n) is 4.64. The zero-order chi connectivity index (χ0) is 13.3. The van der Waals surface area contributed by atoms with Gasteiger partial charge in [0, 0.05) is 12.7 Å². The lowest BCUT2D eigenvalue weighted by Gasteiger charge is -2.03. The van der Waals surface area contributed by atoms with Crippen LogP contribution in [0.15, 0.2) is 6.07 Å². The summed E-state index contributed by atoms with van der Waals surface area (Å²) >= 11 is 1.18. The normalized spacial score (nSPS) is 11.2. The second-order valence-corrected chi connectivity index (χ2v) is 5.40. The Bertz CT molecular complexity index is 570. The summed E-state index contributed by atoms with van der Waals surface area (Å²) in [5.41, 5.74) is 2.64. The van der Waals surface area contributed by atoms with Crippen molar-refractivity contribution in [3.05, 3.63) is 28.0 Å². The molecule has 0 amide bonds. The summed E-state index contributed by atoms with van der Waals surface area (Å²) in [6, 6.07) is 1.93. The van der Waals surface area contributed by atoms with Gasteiger partial charge in [-0.25, -0.2) is 0 Å². The van der Waals surface area contributed by atoms with Crippen molar-refractivity contribution in [3.8, 4) is 0 Å². The van der Waals surface area contributed by atoms with Gasteiger partial charge in [0.05, 0.1) is 17.8 Å². The van der Waals surface area contributed by atoms with Crippen LogP contribution in [0.3, 0.4) is 0 Å². The van der Waals surface area contributed by atoms with Crippen molar-refractivity contribution >= 4 is 17.3 Å². The molecule has 0 bridgehead atoms. The van der Waals surface area contributed by atoms with Crippen molar-refractivity contribution < 1.29 is 4.79 Å². The van der Waals surface area contributed by atoms with Gasteiger partial charge in [-0.05, 0) is 30.4 Å². The van der Waals surface area contributed by atoms with E-state index in [0.29, 0.717) is 11.3 Å². The van der Waals surface area contributed by atoms with E-state index < -0.39 is 0 Å². The van der Waals surface area contributed by atoms with Gasteiger partial charge in [-0.3, -0.25) is 9.48 Å². The summed E-state index contributed by atoms with van der Waals surface area (Å²) in [6.45, 7) is 5.95. The molecule has 0 aliphatic rings. The van der Waals surface area contributed by atoms with Gasteiger partial charge in [0.15, 0.2) is 5.78 Å². The molecular weight excluding hydrogens is 248 g/mol. The molecule has 0 atom stereocenters. The van der Waals surface area contributed by atoms with E-state index in [-0.39, 0.29) is 11.7 Å². The molecule has 0 spiro atoms. The first kappa shape index (κ1) is 12.9. The Morgan fingerprint density at radius 1 is 1.50 bits per heavy atom. The van der Waals surface area contributed by atoms with E-state index in [1.807, 2.05) is 33.9 Å². The maximum atomic E-state index is 12.3. The van der Waals surface area contributed by atoms with Crippen molar-refractivity contribution in [1.29, 1.82) is 0 Å². The van der Waals surface area contributed by atoms with Gasteiger partial charge in [0.2, 0.25) is 0 Å². The predicted octanol–water partition coefficient (Wildman–Crippen LogP) is 2.13. The number of Topliss-reactive ketones (excluding diaryl/α,β-unsaturated/α-hetero) is 1. The molecule has 0 N–H and O–H groups in total. The van der Waals surface area contributed by atoms with Gasteiger partial charge < -0.3 is 0 Å². The van der Waals surface area contributed by atoms with Crippen LogP contribution in [0.2, 0.25) is 0 Å². The maximum Gasteiger partial charge on any atom is 0.182 e. The molecule has 2 heterocycles. The standard InChI is InChI=1S/C12H16N4OS/c1-7(2)11-12(18-15-13-11)10(17)6-9-5-8(3)14-16(9)4/h5,7H,6H2,1-4H3. The van der Waals surface area contributed by atoms with E-state index in [0.717, 1.165) is 17.1 Å². The number of carbonyl (C=O) groups is 1. The molecule has 0 aromatic carbocycles. The Morgan fingerprint density at radius 3 is 2.78 bits per heavy atom. The SMILES string of the molecule is Cc1cc(CC(=O)c2snnc2C(C)C)n(C)n1. The van der Waals surface area contributed by atoms with Crippen LogP contribution in [0.25, 0.3) is 0 Å². The number of rotatable bonds is 4. The summed E-state index contributed by atoms with van der Waals surface area (Å²) in [6.07, 6.45) is 0.348. The van der Waals surface area contributed by atoms with E-state index in [1.165, 1.54) is 11.5 Å². The first-order valence-corrected chi connectivity index (χ1v) is 6.61. The topological polar surface area (TPSA) is 60.7 Å². The molecule has 0 aliphatic heterocycles. The maximum absolute atomic E-state index is 12.3.